The van der Waals surface area contributed by atoms with Crippen molar-refractivity contribution in [3.63, 3.8) is 0 Å². The average Bonchev–Trinajstić information content (AvgIpc) is 2.74. The van der Waals surface area contributed by atoms with Gasteiger partial charge >= 0.3 is 6.09 Å². The quantitative estimate of drug-likeness (QED) is 0.740. The van der Waals surface area contributed by atoms with E-state index in [1.165, 1.54) is 0 Å². The van der Waals surface area contributed by atoms with E-state index < -0.39 is 0 Å². The average molecular weight is 428 g/mol. The van der Waals surface area contributed by atoms with Crippen LogP contribution in [0.15, 0.2) is 42.5 Å². The Morgan fingerprint density at radius 2 is 1.87 bits per heavy atom. The van der Waals surface area contributed by atoms with Crippen molar-refractivity contribution in [2.75, 3.05) is 28.2 Å². The monoisotopic (exact) mass is 427 g/mol. The third-order valence-corrected chi connectivity index (χ3v) is 6.01. The summed E-state index contributed by atoms with van der Waals surface area (Å²) < 4.78 is 5.38. The Hall–Kier alpha value is -2.73. The molecule has 2 aromatic carbocycles. The first-order chi connectivity index (χ1) is 14.4. The number of hydrogen-bond donors (Lipinski definition) is 1. The molecule has 30 heavy (non-hydrogen) atoms. The first-order valence-electron chi connectivity index (χ1n) is 10.3. The summed E-state index contributed by atoms with van der Waals surface area (Å²) in [5.74, 6) is -0.123. The molecular weight excluding hydrogens is 402 g/mol. The van der Waals surface area contributed by atoms with Gasteiger partial charge in [-0.15, -0.1) is 0 Å². The second kappa shape index (κ2) is 8.56. The van der Waals surface area contributed by atoms with Gasteiger partial charge in [-0.05, 0) is 37.1 Å². The Balaban J connectivity index is 1.44. The molecule has 0 saturated carbocycles. The number of para-hydroxylation sites is 1. The van der Waals surface area contributed by atoms with Gasteiger partial charge in [0.2, 0.25) is 5.91 Å². The number of carbonyl (C=O) groups is 2. The molecule has 6 nitrogen and oxygen atoms in total. The van der Waals surface area contributed by atoms with E-state index in [1.807, 2.05) is 55.1 Å². The van der Waals surface area contributed by atoms with Crippen LogP contribution in [0.3, 0.4) is 0 Å². The molecule has 158 valence electrons. The smallest absolute Gasteiger partial charge is 0.414 e. The summed E-state index contributed by atoms with van der Waals surface area (Å²) in [6, 6.07) is 13.6. The first-order valence-corrected chi connectivity index (χ1v) is 10.7. The van der Waals surface area contributed by atoms with Gasteiger partial charge in [0.15, 0.2) is 0 Å². The van der Waals surface area contributed by atoms with Crippen LogP contribution in [-0.2, 0) is 16.1 Å². The van der Waals surface area contributed by atoms with Crippen LogP contribution in [0.2, 0.25) is 5.02 Å². The molecule has 0 bridgehead atoms. The predicted molar refractivity (Wildman–Crippen MR) is 119 cm³/mol. The predicted octanol–water partition coefficient (Wildman–Crippen LogP) is 5.06. The minimum Gasteiger partial charge on any atom is -0.444 e. The maximum atomic E-state index is 12.5. The highest BCUT2D eigenvalue weighted by molar-refractivity contribution is 6.33. The second-order valence-corrected chi connectivity index (χ2v) is 8.49. The molecule has 7 heteroatoms. The normalized spacial score (nSPS) is 17.0. The minimum atomic E-state index is -0.268. The van der Waals surface area contributed by atoms with E-state index in [9.17, 15) is 9.59 Å². The molecule has 2 heterocycles. The Bertz CT molecular complexity index is 954. The summed E-state index contributed by atoms with van der Waals surface area (Å²) in [6.45, 7) is 5.61. The molecule has 0 aromatic heterocycles. The van der Waals surface area contributed by atoms with Gasteiger partial charge in [-0.25, -0.2) is 4.79 Å². The van der Waals surface area contributed by atoms with Crippen molar-refractivity contribution >= 4 is 40.7 Å². The lowest BCUT2D eigenvalue weighted by Crippen LogP contribution is -2.49. The fourth-order valence-electron chi connectivity index (χ4n) is 4.01. The molecule has 2 amide bonds. The number of nitrogens with zero attached hydrogens (tertiary/aromatic N) is 2. The van der Waals surface area contributed by atoms with Crippen molar-refractivity contribution in [3.05, 3.63) is 53.1 Å². The Morgan fingerprint density at radius 1 is 1.13 bits per heavy atom. The zero-order valence-electron chi connectivity index (χ0n) is 17.2. The molecule has 2 aliphatic rings. The molecule has 2 aliphatic heterocycles. The van der Waals surface area contributed by atoms with Crippen molar-refractivity contribution in [2.24, 2.45) is 5.92 Å². The highest BCUT2D eigenvalue weighted by atomic mass is 35.5. The maximum absolute atomic E-state index is 12.5. The van der Waals surface area contributed by atoms with Gasteiger partial charge in [0.05, 0.1) is 16.4 Å². The summed E-state index contributed by atoms with van der Waals surface area (Å²) in [5, 5.41) is 3.49. The van der Waals surface area contributed by atoms with E-state index in [2.05, 4.69) is 10.2 Å². The second-order valence-electron chi connectivity index (χ2n) is 8.08. The number of fused-ring (bicyclic) bond motifs is 1. The van der Waals surface area contributed by atoms with Gasteiger partial charge < -0.3 is 15.0 Å². The van der Waals surface area contributed by atoms with Crippen molar-refractivity contribution in [3.8, 4) is 0 Å². The standard InChI is InChI=1S/C23H26ClN3O3/c1-15(2)22(28)25-17-7-8-21(19(24)13-17)26-11-9-18(10-12-26)27-20-6-4-3-5-16(20)14-30-23(27)29/h3-8,13,15,18H,9-12,14H2,1-2H3,(H,25,28). The van der Waals surface area contributed by atoms with Gasteiger partial charge in [0, 0.05) is 36.3 Å². The van der Waals surface area contributed by atoms with Crippen LogP contribution in [0.5, 0.6) is 0 Å². The zero-order valence-corrected chi connectivity index (χ0v) is 18.0. The fourth-order valence-corrected chi connectivity index (χ4v) is 4.31. The van der Waals surface area contributed by atoms with E-state index >= 15 is 0 Å². The van der Waals surface area contributed by atoms with Crippen LogP contribution < -0.4 is 15.1 Å². The van der Waals surface area contributed by atoms with E-state index in [1.54, 1.807) is 6.07 Å². The number of halogens is 1. The third kappa shape index (κ3) is 4.10. The molecule has 1 fully saturated rings. The Labute approximate surface area is 181 Å². The lowest BCUT2D eigenvalue weighted by Gasteiger charge is -2.41. The van der Waals surface area contributed by atoms with Gasteiger partial charge in [0.1, 0.15) is 6.61 Å². The van der Waals surface area contributed by atoms with E-state index in [4.69, 9.17) is 16.3 Å². The van der Waals surface area contributed by atoms with Crippen molar-refractivity contribution in [1.82, 2.24) is 0 Å². The number of amides is 2. The zero-order chi connectivity index (χ0) is 21.3. The SMILES string of the molecule is CC(C)C(=O)Nc1ccc(N2CCC(N3C(=O)OCc4ccccc43)CC2)c(Cl)c1. The Morgan fingerprint density at radius 3 is 2.57 bits per heavy atom. The van der Waals surface area contributed by atoms with Crippen LogP contribution in [-0.4, -0.2) is 31.1 Å². The molecule has 1 N–H and O–H groups in total. The van der Waals surface area contributed by atoms with E-state index in [0.29, 0.717) is 17.3 Å². The fraction of sp³-hybridized carbons (Fsp3) is 0.391. The molecule has 1 saturated heterocycles. The number of nitrogens with one attached hydrogen (secondary N) is 1. The van der Waals surface area contributed by atoms with Gasteiger partial charge in [-0.3, -0.25) is 9.69 Å². The van der Waals surface area contributed by atoms with Crippen LogP contribution in [0.25, 0.3) is 0 Å². The lowest BCUT2D eigenvalue weighted by molar-refractivity contribution is -0.118. The van der Waals surface area contributed by atoms with Crippen molar-refractivity contribution < 1.29 is 14.3 Å². The number of carbonyl (C=O) groups excluding carboxylic acids is 2. The summed E-state index contributed by atoms with van der Waals surface area (Å²) in [5.41, 5.74) is 3.64. The highest BCUT2D eigenvalue weighted by Gasteiger charge is 2.34. The third-order valence-electron chi connectivity index (χ3n) is 5.71. The summed E-state index contributed by atoms with van der Waals surface area (Å²) >= 11 is 6.52. The summed E-state index contributed by atoms with van der Waals surface area (Å²) in [6.07, 6.45) is 1.38. The molecule has 0 atom stereocenters. The first kappa shape index (κ1) is 20.5. The number of piperidine rings is 1. The van der Waals surface area contributed by atoms with Crippen LogP contribution in [0, 0.1) is 5.92 Å². The topological polar surface area (TPSA) is 61.9 Å². The van der Waals surface area contributed by atoms with Crippen molar-refractivity contribution in [1.29, 1.82) is 0 Å². The highest BCUT2D eigenvalue weighted by Crippen LogP contribution is 2.35. The van der Waals surface area contributed by atoms with Gasteiger partial charge in [-0.2, -0.15) is 0 Å². The lowest BCUT2D eigenvalue weighted by atomic mass is 10.00. The van der Waals surface area contributed by atoms with Gasteiger partial charge in [0.25, 0.3) is 0 Å². The molecule has 0 unspecified atom stereocenters. The number of ether oxygens (including phenoxy) is 1. The van der Waals surface area contributed by atoms with Crippen molar-refractivity contribution in [2.45, 2.75) is 39.3 Å². The molecule has 2 aromatic rings. The molecular formula is C23H26ClN3O3. The van der Waals surface area contributed by atoms with Crippen LogP contribution in [0.1, 0.15) is 32.3 Å². The van der Waals surface area contributed by atoms with E-state index in [0.717, 1.165) is 42.9 Å². The van der Waals surface area contributed by atoms with E-state index in [-0.39, 0.29) is 24.0 Å². The summed E-state index contributed by atoms with van der Waals surface area (Å²) in [7, 11) is 0. The van der Waals surface area contributed by atoms with Gasteiger partial charge in [-0.1, -0.05) is 43.6 Å². The largest absolute Gasteiger partial charge is 0.444 e. The number of rotatable bonds is 4. The Kier molecular flexibility index (Phi) is 5.86. The molecule has 0 radical (unpaired) electrons. The van der Waals surface area contributed by atoms with Crippen LogP contribution >= 0.6 is 11.6 Å². The number of benzene rings is 2. The number of cyclic esters (lactones) is 1. The summed E-state index contributed by atoms with van der Waals surface area (Å²) in [4.78, 5) is 28.4. The number of hydrogen-bond acceptors (Lipinski definition) is 4. The molecule has 0 spiro atoms. The molecule has 4 rings (SSSR count). The minimum absolute atomic E-state index is 0.0340. The maximum Gasteiger partial charge on any atom is 0.414 e. The van der Waals surface area contributed by atoms with Crippen LogP contribution in [0.4, 0.5) is 21.9 Å². The number of anilines is 3. The molecule has 0 aliphatic carbocycles.